The summed E-state index contributed by atoms with van der Waals surface area (Å²) in [5.74, 6) is -0.111. The van der Waals surface area contributed by atoms with Gasteiger partial charge in [-0.2, -0.15) is 5.10 Å². The smallest absolute Gasteiger partial charge is 0.322 e. The number of aromatic nitrogens is 3. The lowest BCUT2D eigenvalue weighted by Gasteiger charge is -2.51. The van der Waals surface area contributed by atoms with Crippen LogP contribution >= 0.6 is 11.6 Å². The third kappa shape index (κ3) is 3.78. The van der Waals surface area contributed by atoms with Crippen LogP contribution in [-0.2, 0) is 21.1 Å². The molecule has 2 amide bonds. The van der Waals surface area contributed by atoms with Crippen LogP contribution in [-0.4, -0.2) is 70.4 Å². The summed E-state index contributed by atoms with van der Waals surface area (Å²) < 4.78 is 32.6. The third-order valence-corrected chi connectivity index (χ3v) is 7.19. The molecule has 1 N–H and O–H groups in total. The fourth-order valence-corrected chi connectivity index (χ4v) is 5.43. The van der Waals surface area contributed by atoms with Gasteiger partial charge in [0.05, 0.1) is 32.0 Å². The molecule has 2 aromatic rings. The number of hydrogen-bond donors (Lipinski definition) is 1. The van der Waals surface area contributed by atoms with Gasteiger partial charge in [-0.05, 0) is 18.2 Å². The van der Waals surface area contributed by atoms with Crippen molar-refractivity contribution in [3.8, 4) is 0 Å². The number of nitrogens with one attached hydrogen (secondary N) is 1. The number of urea groups is 1. The van der Waals surface area contributed by atoms with Crippen LogP contribution in [0, 0.1) is 0 Å². The Kier molecular flexibility index (Phi) is 4.57. The fraction of sp³-hybridized carbons (Fsp3) is 0.438. The Morgan fingerprint density at radius 2 is 2.22 bits per heavy atom. The van der Waals surface area contributed by atoms with E-state index >= 15 is 0 Å². The Balaban J connectivity index is 1.35. The summed E-state index contributed by atoms with van der Waals surface area (Å²) >= 11 is 5.91. The minimum atomic E-state index is -3.37. The molecule has 2 fully saturated rings. The van der Waals surface area contributed by atoms with Gasteiger partial charge in [0.15, 0.2) is 9.84 Å². The van der Waals surface area contributed by atoms with Crippen LogP contribution in [0.1, 0.15) is 0 Å². The second-order valence-electron chi connectivity index (χ2n) is 6.84. The molecule has 4 rings (SSSR count). The van der Waals surface area contributed by atoms with Crippen molar-refractivity contribution in [1.29, 1.82) is 0 Å². The number of ether oxygens (including phenoxy) is 1. The summed E-state index contributed by atoms with van der Waals surface area (Å²) in [5, 5.41) is 6.54. The normalized spacial score (nSPS) is 23.0. The zero-order valence-electron chi connectivity index (χ0n) is 14.3. The average molecular weight is 412 g/mol. The number of halogens is 1. The van der Waals surface area contributed by atoms with Crippen LogP contribution in [0.2, 0.25) is 5.02 Å². The molecule has 0 radical (unpaired) electrons. The maximum absolute atomic E-state index is 12.6. The number of likely N-dealkylation sites (tertiary alicyclic amines) is 1. The molecule has 2 aliphatic heterocycles. The first kappa shape index (κ1) is 18.2. The van der Waals surface area contributed by atoms with Crippen molar-refractivity contribution in [2.45, 2.75) is 17.4 Å². The highest BCUT2D eigenvalue weighted by atomic mass is 35.5. The topological polar surface area (TPSA) is 106 Å². The van der Waals surface area contributed by atoms with Crippen LogP contribution in [0.3, 0.4) is 0 Å². The molecule has 27 heavy (non-hydrogen) atoms. The van der Waals surface area contributed by atoms with Crippen LogP contribution in [0.25, 0.3) is 0 Å². The predicted molar refractivity (Wildman–Crippen MR) is 98.3 cm³/mol. The standard InChI is InChI=1S/C16H18ClN5O4S/c17-12-2-1-3-13(4-12)20-15(23)21-7-16(8-21)9-27(24,25)14(6-26-16)5-22-11-18-10-19-22/h1-4,10-11,14H,5-9H2,(H,20,23)/t14-/m0/s1. The van der Waals surface area contributed by atoms with Gasteiger partial charge in [-0.1, -0.05) is 17.7 Å². The maximum Gasteiger partial charge on any atom is 0.322 e. The van der Waals surface area contributed by atoms with Gasteiger partial charge in [0.25, 0.3) is 0 Å². The van der Waals surface area contributed by atoms with Gasteiger partial charge in [0.2, 0.25) is 0 Å². The molecular formula is C16H18ClN5O4S. The van der Waals surface area contributed by atoms with E-state index in [2.05, 4.69) is 15.4 Å². The molecule has 1 aromatic heterocycles. The Hall–Kier alpha value is -2.17. The summed E-state index contributed by atoms with van der Waals surface area (Å²) in [5.41, 5.74) is -0.248. The van der Waals surface area contributed by atoms with E-state index in [1.54, 1.807) is 24.3 Å². The monoisotopic (exact) mass is 411 g/mol. The SMILES string of the molecule is O=C(Nc1cccc(Cl)c1)N1CC2(C1)CS(=O)(=O)[C@@H](Cn1cncn1)CO2. The minimum absolute atomic E-state index is 0.0753. The highest BCUT2D eigenvalue weighted by Crippen LogP contribution is 2.33. The van der Waals surface area contributed by atoms with Gasteiger partial charge in [-0.3, -0.25) is 4.68 Å². The van der Waals surface area contributed by atoms with Gasteiger partial charge in [-0.25, -0.2) is 18.2 Å². The number of hydrogen-bond acceptors (Lipinski definition) is 6. The van der Waals surface area contributed by atoms with E-state index in [-0.39, 0.29) is 38.0 Å². The van der Waals surface area contributed by atoms with Gasteiger partial charge in [-0.15, -0.1) is 0 Å². The number of amides is 2. The first-order valence-corrected chi connectivity index (χ1v) is 10.4. The maximum atomic E-state index is 12.6. The van der Waals surface area contributed by atoms with E-state index in [0.717, 1.165) is 0 Å². The summed E-state index contributed by atoms with van der Waals surface area (Å²) in [7, 11) is -3.37. The zero-order valence-corrected chi connectivity index (χ0v) is 15.9. The van der Waals surface area contributed by atoms with Crippen molar-refractivity contribution < 1.29 is 17.9 Å². The second-order valence-corrected chi connectivity index (χ2v) is 9.55. The fourth-order valence-electron chi connectivity index (χ4n) is 3.35. The van der Waals surface area contributed by atoms with Crippen LogP contribution < -0.4 is 5.32 Å². The molecule has 3 heterocycles. The van der Waals surface area contributed by atoms with Crippen LogP contribution in [0.5, 0.6) is 0 Å². The number of carbonyl (C=O) groups is 1. The Bertz CT molecular complexity index is 943. The van der Waals surface area contributed by atoms with Gasteiger partial charge in [0, 0.05) is 10.7 Å². The van der Waals surface area contributed by atoms with Crippen molar-refractivity contribution in [3.05, 3.63) is 41.9 Å². The molecular weight excluding hydrogens is 394 g/mol. The molecule has 1 atom stereocenters. The van der Waals surface area contributed by atoms with E-state index in [1.165, 1.54) is 22.2 Å². The summed E-state index contributed by atoms with van der Waals surface area (Å²) in [6, 6.07) is 6.52. The van der Waals surface area contributed by atoms with Crippen molar-refractivity contribution >= 4 is 33.2 Å². The predicted octanol–water partition coefficient (Wildman–Crippen LogP) is 1.03. The summed E-state index contributed by atoms with van der Waals surface area (Å²) in [6.45, 7) is 0.743. The molecule has 0 aliphatic carbocycles. The highest BCUT2D eigenvalue weighted by molar-refractivity contribution is 7.92. The van der Waals surface area contributed by atoms with Gasteiger partial charge in [0.1, 0.15) is 23.5 Å². The summed E-state index contributed by atoms with van der Waals surface area (Å²) in [4.78, 5) is 17.7. The van der Waals surface area contributed by atoms with E-state index in [9.17, 15) is 13.2 Å². The van der Waals surface area contributed by atoms with Crippen molar-refractivity contribution in [1.82, 2.24) is 19.7 Å². The van der Waals surface area contributed by atoms with Gasteiger partial charge < -0.3 is 15.0 Å². The highest BCUT2D eigenvalue weighted by Gasteiger charge is 2.54. The first-order valence-electron chi connectivity index (χ1n) is 8.35. The molecule has 1 spiro atoms. The number of benzene rings is 1. The molecule has 2 aliphatic rings. The first-order chi connectivity index (χ1) is 12.9. The largest absolute Gasteiger partial charge is 0.369 e. The van der Waals surface area contributed by atoms with E-state index in [1.807, 2.05) is 0 Å². The molecule has 11 heteroatoms. The molecule has 9 nitrogen and oxygen atoms in total. The zero-order chi connectivity index (χ0) is 19.1. The van der Waals surface area contributed by atoms with Crippen molar-refractivity contribution in [3.63, 3.8) is 0 Å². The lowest BCUT2D eigenvalue weighted by molar-refractivity contribution is -0.117. The average Bonchev–Trinajstić information content (AvgIpc) is 3.07. The second kappa shape index (κ2) is 6.77. The molecule has 0 bridgehead atoms. The quantitative estimate of drug-likeness (QED) is 0.808. The molecule has 1 aromatic carbocycles. The van der Waals surface area contributed by atoms with E-state index in [0.29, 0.717) is 10.7 Å². The van der Waals surface area contributed by atoms with Gasteiger partial charge >= 0.3 is 6.03 Å². The number of carbonyl (C=O) groups excluding carboxylic acids is 1. The van der Waals surface area contributed by atoms with Crippen LogP contribution in [0.4, 0.5) is 10.5 Å². The Morgan fingerprint density at radius 1 is 1.41 bits per heavy atom. The van der Waals surface area contributed by atoms with Crippen molar-refractivity contribution in [2.75, 3.05) is 30.8 Å². The lowest BCUT2D eigenvalue weighted by Crippen LogP contribution is -2.71. The van der Waals surface area contributed by atoms with E-state index < -0.39 is 20.7 Å². The number of anilines is 1. The Morgan fingerprint density at radius 3 is 2.89 bits per heavy atom. The molecule has 0 saturated carbocycles. The van der Waals surface area contributed by atoms with Crippen molar-refractivity contribution in [2.24, 2.45) is 0 Å². The molecule has 2 saturated heterocycles. The third-order valence-electron chi connectivity index (χ3n) is 4.73. The summed E-state index contributed by atoms with van der Waals surface area (Å²) in [6.07, 6.45) is 2.84. The molecule has 0 unspecified atom stereocenters. The van der Waals surface area contributed by atoms with E-state index in [4.69, 9.17) is 16.3 Å². The minimum Gasteiger partial charge on any atom is -0.369 e. The number of rotatable bonds is 3. The lowest BCUT2D eigenvalue weighted by atomic mass is 9.96. The van der Waals surface area contributed by atoms with Crippen LogP contribution in [0.15, 0.2) is 36.9 Å². The number of sulfone groups is 1. The Labute approximate surface area is 161 Å². The number of nitrogens with zero attached hydrogens (tertiary/aromatic N) is 4. The molecule has 144 valence electrons.